The zero-order chi connectivity index (χ0) is 13.1. The Hall–Kier alpha value is -0.750. The van der Waals surface area contributed by atoms with Gasteiger partial charge in [-0.25, -0.2) is 0 Å². The van der Waals surface area contributed by atoms with Gasteiger partial charge in [-0.2, -0.15) is 0 Å². The molecule has 98 valence electrons. The van der Waals surface area contributed by atoms with Crippen molar-refractivity contribution >= 4 is 17.7 Å². The fourth-order valence-corrected chi connectivity index (χ4v) is 2.24. The SMILES string of the molecule is CC(C)n1c(N)nnc1SCCOC(C)(C)C. The standard InChI is InChI=1S/C11H22N4OS/c1-8(2)15-9(12)13-14-10(15)17-7-6-16-11(3,4)5/h8H,6-7H2,1-5H3,(H2,12,13). The predicted octanol–water partition coefficient (Wildman–Crippen LogP) is 2.35. The molecule has 0 aromatic carbocycles. The van der Waals surface area contributed by atoms with Crippen molar-refractivity contribution in [2.75, 3.05) is 18.1 Å². The van der Waals surface area contributed by atoms with Crippen molar-refractivity contribution in [2.24, 2.45) is 0 Å². The molecule has 0 saturated carbocycles. The van der Waals surface area contributed by atoms with Crippen LogP contribution in [0.1, 0.15) is 40.7 Å². The average molecular weight is 258 g/mol. The molecule has 0 spiro atoms. The Labute approximate surface area is 107 Å². The Morgan fingerprint density at radius 1 is 1.35 bits per heavy atom. The van der Waals surface area contributed by atoms with E-state index in [9.17, 15) is 0 Å². The molecule has 0 amide bonds. The van der Waals surface area contributed by atoms with Crippen molar-refractivity contribution in [3.63, 3.8) is 0 Å². The van der Waals surface area contributed by atoms with E-state index in [1.54, 1.807) is 11.8 Å². The van der Waals surface area contributed by atoms with Crippen molar-refractivity contribution < 1.29 is 4.74 Å². The van der Waals surface area contributed by atoms with Crippen molar-refractivity contribution in [1.82, 2.24) is 14.8 Å². The van der Waals surface area contributed by atoms with Crippen LogP contribution in [0.25, 0.3) is 0 Å². The third kappa shape index (κ3) is 4.55. The van der Waals surface area contributed by atoms with Crippen molar-refractivity contribution in [3.8, 4) is 0 Å². The Morgan fingerprint density at radius 3 is 2.53 bits per heavy atom. The number of nitrogen functional groups attached to an aromatic ring is 1. The molecule has 2 N–H and O–H groups in total. The minimum atomic E-state index is -0.0920. The number of rotatable bonds is 5. The van der Waals surface area contributed by atoms with E-state index in [1.807, 2.05) is 25.3 Å². The molecule has 0 unspecified atom stereocenters. The molecule has 5 nitrogen and oxygen atoms in total. The van der Waals surface area contributed by atoms with Gasteiger partial charge in [0, 0.05) is 11.8 Å². The third-order valence-electron chi connectivity index (χ3n) is 2.06. The van der Waals surface area contributed by atoms with E-state index in [1.165, 1.54) is 0 Å². The molecule has 0 radical (unpaired) electrons. The number of nitrogens with zero attached hydrogens (tertiary/aromatic N) is 3. The summed E-state index contributed by atoms with van der Waals surface area (Å²) in [7, 11) is 0. The summed E-state index contributed by atoms with van der Waals surface area (Å²) < 4.78 is 7.58. The van der Waals surface area contributed by atoms with Gasteiger partial charge >= 0.3 is 0 Å². The predicted molar refractivity (Wildman–Crippen MR) is 71.2 cm³/mol. The zero-order valence-corrected chi connectivity index (χ0v) is 12.0. The number of hydrogen-bond acceptors (Lipinski definition) is 5. The van der Waals surface area contributed by atoms with Crippen molar-refractivity contribution in [2.45, 2.75) is 51.4 Å². The third-order valence-corrected chi connectivity index (χ3v) is 2.96. The molecule has 1 heterocycles. The molecule has 1 aromatic heterocycles. The van der Waals surface area contributed by atoms with Crippen LogP contribution < -0.4 is 5.73 Å². The van der Waals surface area contributed by atoms with Gasteiger partial charge in [-0.1, -0.05) is 11.8 Å². The minimum Gasteiger partial charge on any atom is -0.375 e. The number of thioether (sulfide) groups is 1. The normalized spacial score (nSPS) is 12.4. The van der Waals surface area contributed by atoms with Gasteiger partial charge in [0.15, 0.2) is 5.16 Å². The molecule has 0 aliphatic heterocycles. The highest BCUT2D eigenvalue weighted by atomic mass is 32.2. The van der Waals surface area contributed by atoms with Gasteiger partial charge in [-0.15, -0.1) is 10.2 Å². The number of nitrogens with two attached hydrogens (primary N) is 1. The molecule has 0 fully saturated rings. The van der Waals surface area contributed by atoms with Crippen molar-refractivity contribution in [1.29, 1.82) is 0 Å². The molecule has 0 bridgehead atoms. The van der Waals surface area contributed by atoms with Gasteiger partial charge in [0.2, 0.25) is 5.95 Å². The summed E-state index contributed by atoms with van der Waals surface area (Å²) in [6, 6.07) is 0.274. The van der Waals surface area contributed by atoms with E-state index in [0.717, 1.165) is 10.9 Å². The summed E-state index contributed by atoms with van der Waals surface area (Å²) in [6.45, 7) is 11.0. The minimum absolute atomic E-state index is 0.0920. The highest BCUT2D eigenvalue weighted by Crippen LogP contribution is 2.22. The number of ether oxygens (including phenoxy) is 1. The smallest absolute Gasteiger partial charge is 0.222 e. The van der Waals surface area contributed by atoms with Gasteiger partial charge in [0.1, 0.15) is 0 Å². The number of aromatic nitrogens is 3. The molecule has 1 rings (SSSR count). The van der Waals surface area contributed by atoms with E-state index in [2.05, 4.69) is 24.0 Å². The summed E-state index contributed by atoms with van der Waals surface area (Å²) in [6.07, 6.45) is 0. The maximum Gasteiger partial charge on any atom is 0.222 e. The van der Waals surface area contributed by atoms with Gasteiger partial charge < -0.3 is 10.5 Å². The summed E-state index contributed by atoms with van der Waals surface area (Å²) in [5.41, 5.74) is 5.67. The van der Waals surface area contributed by atoms with Crippen LogP contribution in [-0.4, -0.2) is 32.7 Å². The highest BCUT2D eigenvalue weighted by molar-refractivity contribution is 7.99. The topological polar surface area (TPSA) is 66.0 Å². The van der Waals surface area contributed by atoms with E-state index in [-0.39, 0.29) is 11.6 Å². The molecular formula is C11H22N4OS. The Balaban J connectivity index is 2.47. The van der Waals surface area contributed by atoms with Crippen LogP contribution in [0.4, 0.5) is 5.95 Å². The van der Waals surface area contributed by atoms with Crippen LogP contribution in [-0.2, 0) is 4.74 Å². The lowest BCUT2D eigenvalue weighted by atomic mass is 10.2. The Morgan fingerprint density at radius 2 is 2.00 bits per heavy atom. The van der Waals surface area contributed by atoms with Crippen LogP contribution in [0.15, 0.2) is 5.16 Å². The van der Waals surface area contributed by atoms with Crippen LogP contribution in [0.2, 0.25) is 0 Å². The maximum atomic E-state index is 5.76. The lowest BCUT2D eigenvalue weighted by Gasteiger charge is -2.19. The second-order valence-corrected chi connectivity index (χ2v) is 6.18. The summed E-state index contributed by atoms with van der Waals surface area (Å²) in [4.78, 5) is 0. The molecule has 17 heavy (non-hydrogen) atoms. The fourth-order valence-electron chi connectivity index (χ4n) is 1.35. The maximum absolute atomic E-state index is 5.76. The first-order valence-electron chi connectivity index (χ1n) is 5.78. The molecule has 0 aliphatic carbocycles. The Bertz CT molecular complexity index is 357. The zero-order valence-electron chi connectivity index (χ0n) is 11.2. The first-order chi connectivity index (χ1) is 7.81. The first-order valence-corrected chi connectivity index (χ1v) is 6.77. The average Bonchev–Trinajstić information content (AvgIpc) is 2.53. The van der Waals surface area contributed by atoms with E-state index in [0.29, 0.717) is 12.6 Å². The van der Waals surface area contributed by atoms with E-state index < -0.39 is 0 Å². The van der Waals surface area contributed by atoms with E-state index in [4.69, 9.17) is 10.5 Å². The molecular weight excluding hydrogens is 236 g/mol. The monoisotopic (exact) mass is 258 g/mol. The molecule has 0 saturated heterocycles. The lowest BCUT2D eigenvalue weighted by Crippen LogP contribution is -2.20. The lowest BCUT2D eigenvalue weighted by molar-refractivity contribution is 0.00692. The molecule has 1 aromatic rings. The summed E-state index contributed by atoms with van der Waals surface area (Å²) in [5.74, 6) is 1.32. The Kier molecular flexibility index (Phi) is 4.82. The van der Waals surface area contributed by atoms with Gasteiger partial charge in [0.05, 0.1) is 12.2 Å². The molecule has 0 atom stereocenters. The summed E-state index contributed by atoms with van der Waals surface area (Å²) >= 11 is 1.62. The van der Waals surface area contributed by atoms with Gasteiger partial charge in [0.25, 0.3) is 0 Å². The van der Waals surface area contributed by atoms with Crippen LogP contribution in [0.5, 0.6) is 0 Å². The van der Waals surface area contributed by atoms with Crippen LogP contribution in [0.3, 0.4) is 0 Å². The van der Waals surface area contributed by atoms with E-state index >= 15 is 0 Å². The first kappa shape index (κ1) is 14.3. The quantitative estimate of drug-likeness (QED) is 0.648. The molecule has 0 aliphatic rings. The van der Waals surface area contributed by atoms with Crippen LogP contribution in [0, 0.1) is 0 Å². The summed E-state index contributed by atoms with van der Waals surface area (Å²) in [5, 5.41) is 8.82. The van der Waals surface area contributed by atoms with Gasteiger partial charge in [-0.05, 0) is 34.6 Å². The number of anilines is 1. The largest absolute Gasteiger partial charge is 0.375 e. The van der Waals surface area contributed by atoms with Crippen LogP contribution >= 0.6 is 11.8 Å². The van der Waals surface area contributed by atoms with Crippen molar-refractivity contribution in [3.05, 3.63) is 0 Å². The second-order valence-electron chi connectivity index (χ2n) is 5.11. The highest BCUT2D eigenvalue weighted by Gasteiger charge is 2.14. The second kappa shape index (κ2) is 5.73. The van der Waals surface area contributed by atoms with Gasteiger partial charge in [-0.3, -0.25) is 4.57 Å². The molecule has 6 heteroatoms. The number of hydrogen-bond donors (Lipinski definition) is 1. The fraction of sp³-hybridized carbons (Fsp3) is 0.818.